The van der Waals surface area contributed by atoms with Crippen LogP contribution in [0.2, 0.25) is 0 Å². The molecule has 2 heterocycles. The Labute approximate surface area is 145 Å². The fraction of sp³-hybridized carbons (Fsp3) is 0.889. The van der Waals surface area contributed by atoms with E-state index in [0.29, 0.717) is 17.9 Å². The van der Waals surface area contributed by atoms with Gasteiger partial charge in [0.25, 0.3) is 0 Å². The molecular weight excluding hydrogens is 304 g/mol. The highest BCUT2D eigenvalue weighted by Crippen LogP contribution is 2.31. The van der Waals surface area contributed by atoms with Crippen LogP contribution in [-0.4, -0.2) is 66.5 Å². The van der Waals surface area contributed by atoms with Gasteiger partial charge >= 0.3 is 6.03 Å². The summed E-state index contributed by atoms with van der Waals surface area (Å²) in [4.78, 5) is 28.7. The summed E-state index contributed by atoms with van der Waals surface area (Å²) >= 11 is 0. The molecule has 3 fully saturated rings. The lowest BCUT2D eigenvalue weighted by molar-refractivity contribution is -0.133. The SMILES string of the molecule is CCN1CCCC[C@H]1CNC(=O)NC1CCN(C(=O)C2CC2)CC1. The molecule has 6 heteroatoms. The Morgan fingerprint density at radius 2 is 1.75 bits per heavy atom. The number of hydrogen-bond donors (Lipinski definition) is 2. The first-order chi connectivity index (χ1) is 11.7. The second-order valence-corrected chi connectivity index (χ2v) is 7.51. The quantitative estimate of drug-likeness (QED) is 0.801. The van der Waals surface area contributed by atoms with E-state index in [0.717, 1.165) is 58.4 Å². The highest BCUT2D eigenvalue weighted by atomic mass is 16.2. The van der Waals surface area contributed by atoms with Crippen molar-refractivity contribution in [3.8, 4) is 0 Å². The standard InChI is InChI=1S/C18H32N4O2/c1-2-21-10-4-3-5-16(21)13-19-18(24)20-15-8-11-22(12-9-15)17(23)14-6-7-14/h14-16H,2-13H2,1H3,(H2,19,20,24)/t16-/m0/s1. The van der Waals surface area contributed by atoms with Crippen molar-refractivity contribution < 1.29 is 9.59 Å². The summed E-state index contributed by atoms with van der Waals surface area (Å²) < 4.78 is 0. The van der Waals surface area contributed by atoms with E-state index < -0.39 is 0 Å². The van der Waals surface area contributed by atoms with Gasteiger partial charge in [0.05, 0.1) is 0 Å². The lowest BCUT2D eigenvalue weighted by atomic mass is 10.0. The number of nitrogens with one attached hydrogen (secondary N) is 2. The maximum absolute atomic E-state index is 12.2. The molecule has 0 aromatic rings. The van der Waals surface area contributed by atoms with Gasteiger partial charge in [0, 0.05) is 37.6 Å². The number of urea groups is 1. The van der Waals surface area contributed by atoms with Crippen molar-refractivity contribution in [1.29, 1.82) is 0 Å². The van der Waals surface area contributed by atoms with E-state index >= 15 is 0 Å². The van der Waals surface area contributed by atoms with Crippen LogP contribution in [0.5, 0.6) is 0 Å². The summed E-state index contributed by atoms with van der Waals surface area (Å²) in [5.41, 5.74) is 0. The van der Waals surface area contributed by atoms with Crippen molar-refractivity contribution in [2.24, 2.45) is 5.92 Å². The van der Waals surface area contributed by atoms with Gasteiger partial charge in [-0.25, -0.2) is 4.79 Å². The molecule has 2 saturated heterocycles. The van der Waals surface area contributed by atoms with E-state index in [-0.39, 0.29) is 12.1 Å². The molecule has 3 amide bonds. The first kappa shape index (κ1) is 17.5. The van der Waals surface area contributed by atoms with Crippen LogP contribution < -0.4 is 10.6 Å². The van der Waals surface area contributed by atoms with Gasteiger partial charge in [-0.3, -0.25) is 9.69 Å². The van der Waals surface area contributed by atoms with Crippen LogP contribution in [0.1, 0.15) is 51.9 Å². The van der Waals surface area contributed by atoms with Gasteiger partial charge in [-0.15, -0.1) is 0 Å². The molecule has 0 spiro atoms. The van der Waals surface area contributed by atoms with Crippen LogP contribution in [0.4, 0.5) is 4.79 Å². The largest absolute Gasteiger partial charge is 0.342 e. The van der Waals surface area contributed by atoms with Crippen molar-refractivity contribution >= 4 is 11.9 Å². The van der Waals surface area contributed by atoms with Crippen molar-refractivity contribution in [2.45, 2.75) is 64.0 Å². The highest BCUT2D eigenvalue weighted by molar-refractivity contribution is 5.81. The van der Waals surface area contributed by atoms with Crippen LogP contribution >= 0.6 is 0 Å². The molecule has 3 aliphatic rings. The molecule has 0 radical (unpaired) electrons. The van der Waals surface area contributed by atoms with E-state index in [9.17, 15) is 9.59 Å². The number of hydrogen-bond acceptors (Lipinski definition) is 3. The monoisotopic (exact) mass is 336 g/mol. The van der Waals surface area contributed by atoms with E-state index in [1.54, 1.807) is 0 Å². The van der Waals surface area contributed by atoms with Crippen LogP contribution in [0.25, 0.3) is 0 Å². The third kappa shape index (κ3) is 4.62. The van der Waals surface area contributed by atoms with Crippen LogP contribution in [-0.2, 0) is 4.79 Å². The summed E-state index contributed by atoms with van der Waals surface area (Å²) in [6.07, 6.45) is 7.58. The van der Waals surface area contributed by atoms with Crippen molar-refractivity contribution in [1.82, 2.24) is 20.4 Å². The smallest absolute Gasteiger partial charge is 0.315 e. The van der Waals surface area contributed by atoms with Gasteiger partial charge in [0.2, 0.25) is 5.91 Å². The first-order valence-electron chi connectivity index (χ1n) is 9.74. The maximum atomic E-state index is 12.2. The van der Waals surface area contributed by atoms with Gasteiger partial charge < -0.3 is 15.5 Å². The number of piperidine rings is 2. The summed E-state index contributed by atoms with van der Waals surface area (Å²) in [6.45, 7) is 6.70. The average molecular weight is 336 g/mol. The summed E-state index contributed by atoms with van der Waals surface area (Å²) in [5, 5.41) is 6.14. The molecule has 1 aliphatic carbocycles. The number of carbonyl (C=O) groups is 2. The Balaban J connectivity index is 1.34. The van der Waals surface area contributed by atoms with Gasteiger partial charge in [-0.1, -0.05) is 13.3 Å². The number of amides is 3. The predicted molar refractivity (Wildman–Crippen MR) is 93.7 cm³/mol. The number of rotatable bonds is 5. The normalized spacial score (nSPS) is 26.2. The van der Waals surface area contributed by atoms with Gasteiger partial charge in [0.1, 0.15) is 0 Å². The van der Waals surface area contributed by atoms with E-state index in [4.69, 9.17) is 0 Å². The van der Waals surface area contributed by atoms with Crippen LogP contribution in [0, 0.1) is 5.92 Å². The molecule has 6 nitrogen and oxygen atoms in total. The Kier molecular flexibility index (Phi) is 5.98. The third-order valence-corrected chi connectivity index (χ3v) is 5.72. The summed E-state index contributed by atoms with van der Waals surface area (Å²) in [7, 11) is 0. The fourth-order valence-corrected chi connectivity index (χ4v) is 3.99. The predicted octanol–water partition coefficient (Wildman–Crippen LogP) is 1.56. The third-order valence-electron chi connectivity index (χ3n) is 5.72. The average Bonchev–Trinajstić information content (AvgIpc) is 3.45. The molecule has 1 atom stereocenters. The molecular formula is C18H32N4O2. The van der Waals surface area contributed by atoms with E-state index in [1.165, 1.54) is 19.3 Å². The topological polar surface area (TPSA) is 64.7 Å². The van der Waals surface area contributed by atoms with Crippen LogP contribution in [0.15, 0.2) is 0 Å². The van der Waals surface area contributed by atoms with E-state index in [1.807, 2.05) is 4.90 Å². The van der Waals surface area contributed by atoms with Crippen LogP contribution in [0.3, 0.4) is 0 Å². The molecule has 0 unspecified atom stereocenters. The highest BCUT2D eigenvalue weighted by Gasteiger charge is 2.35. The molecule has 136 valence electrons. The molecule has 2 aliphatic heterocycles. The molecule has 24 heavy (non-hydrogen) atoms. The van der Waals surface area contributed by atoms with Gasteiger partial charge in [0.15, 0.2) is 0 Å². The molecule has 0 bridgehead atoms. The van der Waals surface area contributed by atoms with Crippen molar-refractivity contribution in [3.05, 3.63) is 0 Å². The minimum Gasteiger partial charge on any atom is -0.342 e. The Morgan fingerprint density at radius 3 is 2.42 bits per heavy atom. The molecule has 0 aromatic heterocycles. The zero-order valence-electron chi connectivity index (χ0n) is 14.9. The second kappa shape index (κ2) is 8.19. The van der Waals surface area contributed by atoms with Crippen molar-refractivity contribution in [3.63, 3.8) is 0 Å². The Bertz CT molecular complexity index is 444. The summed E-state index contributed by atoms with van der Waals surface area (Å²) in [6, 6.07) is 0.623. The lowest BCUT2D eigenvalue weighted by Gasteiger charge is -2.35. The lowest BCUT2D eigenvalue weighted by Crippen LogP contribution is -2.52. The second-order valence-electron chi connectivity index (χ2n) is 7.51. The molecule has 3 rings (SSSR count). The minimum absolute atomic E-state index is 0.0522. The number of likely N-dealkylation sites (N-methyl/N-ethyl adjacent to an activating group) is 1. The van der Waals surface area contributed by atoms with Gasteiger partial charge in [-0.2, -0.15) is 0 Å². The fourth-order valence-electron chi connectivity index (χ4n) is 3.99. The Hall–Kier alpha value is -1.30. The minimum atomic E-state index is -0.0522. The Morgan fingerprint density at radius 1 is 1.00 bits per heavy atom. The zero-order valence-corrected chi connectivity index (χ0v) is 14.9. The van der Waals surface area contributed by atoms with Crippen molar-refractivity contribution in [2.75, 3.05) is 32.7 Å². The molecule has 2 N–H and O–H groups in total. The number of likely N-dealkylation sites (tertiary alicyclic amines) is 2. The number of nitrogens with zero attached hydrogens (tertiary/aromatic N) is 2. The van der Waals surface area contributed by atoms with E-state index in [2.05, 4.69) is 22.5 Å². The van der Waals surface area contributed by atoms with Gasteiger partial charge in [-0.05, 0) is 51.6 Å². The zero-order chi connectivity index (χ0) is 16.9. The molecule has 0 aromatic carbocycles. The summed E-state index contributed by atoms with van der Waals surface area (Å²) in [5.74, 6) is 0.629. The first-order valence-corrected chi connectivity index (χ1v) is 9.74. The maximum Gasteiger partial charge on any atom is 0.315 e. The number of carbonyl (C=O) groups excluding carboxylic acids is 2. The molecule has 1 saturated carbocycles.